The van der Waals surface area contributed by atoms with Crippen molar-refractivity contribution in [1.82, 2.24) is 5.32 Å². The molecule has 0 aromatic heterocycles. The Morgan fingerprint density at radius 1 is 1.07 bits per heavy atom. The van der Waals surface area contributed by atoms with E-state index in [4.69, 9.17) is 55.9 Å². The van der Waals surface area contributed by atoms with E-state index < -0.39 is 5.82 Å². The van der Waals surface area contributed by atoms with Gasteiger partial charge in [-0.15, -0.1) is 0 Å². The van der Waals surface area contributed by atoms with Gasteiger partial charge in [0.05, 0.1) is 16.7 Å². The monoisotopic (exact) mass is 465 g/mol. The van der Waals surface area contributed by atoms with Gasteiger partial charge >= 0.3 is 0 Å². The molecule has 2 aromatic carbocycles. The van der Waals surface area contributed by atoms with Gasteiger partial charge in [-0.3, -0.25) is 4.79 Å². The molecule has 0 fully saturated rings. The van der Waals surface area contributed by atoms with Crippen molar-refractivity contribution in [3.05, 3.63) is 68.4 Å². The van der Waals surface area contributed by atoms with Crippen molar-refractivity contribution >= 4 is 52.3 Å². The lowest BCUT2D eigenvalue weighted by Crippen LogP contribution is -2.25. The standard InChI is InChI=1S/C19H16Cl4FNO3/c20-15-10-14(27-9-6-17(22)23)11-16(21)18(15)28-8-1-7-25-19(26)12-2-4-13(24)5-3-12/h2-6,10-11H,1,7-9H2,(H,25,26). The van der Waals surface area contributed by atoms with Crippen LogP contribution < -0.4 is 14.8 Å². The maximum Gasteiger partial charge on any atom is 0.251 e. The summed E-state index contributed by atoms with van der Waals surface area (Å²) in [5, 5.41) is 3.30. The first kappa shape index (κ1) is 22.6. The highest BCUT2D eigenvalue weighted by molar-refractivity contribution is 6.55. The highest BCUT2D eigenvalue weighted by Gasteiger charge is 2.11. The topological polar surface area (TPSA) is 47.6 Å². The van der Waals surface area contributed by atoms with Crippen LogP contribution in [-0.4, -0.2) is 25.7 Å². The number of hydrogen-bond donors (Lipinski definition) is 1. The highest BCUT2D eigenvalue weighted by atomic mass is 35.5. The average Bonchev–Trinajstić information content (AvgIpc) is 2.63. The number of amides is 1. The van der Waals surface area contributed by atoms with Crippen molar-refractivity contribution in [2.75, 3.05) is 19.8 Å². The smallest absolute Gasteiger partial charge is 0.251 e. The molecule has 0 spiro atoms. The van der Waals surface area contributed by atoms with Crippen LogP contribution in [0.2, 0.25) is 10.0 Å². The first-order valence-corrected chi connectivity index (χ1v) is 9.67. The molecule has 0 radical (unpaired) electrons. The van der Waals surface area contributed by atoms with Crippen molar-refractivity contribution < 1.29 is 18.7 Å². The summed E-state index contributed by atoms with van der Waals surface area (Å²) in [4.78, 5) is 11.9. The Labute approximate surface area is 182 Å². The van der Waals surface area contributed by atoms with E-state index in [0.29, 0.717) is 40.1 Å². The number of hydrogen-bond acceptors (Lipinski definition) is 3. The second kappa shape index (κ2) is 11.4. The predicted octanol–water partition coefficient (Wildman–Crippen LogP) is 6.03. The van der Waals surface area contributed by atoms with E-state index in [0.717, 1.165) is 0 Å². The number of benzene rings is 2. The first-order chi connectivity index (χ1) is 13.4. The Hall–Kier alpha value is -1.66. The van der Waals surface area contributed by atoms with Crippen molar-refractivity contribution in [2.24, 2.45) is 0 Å². The zero-order valence-corrected chi connectivity index (χ0v) is 17.5. The van der Waals surface area contributed by atoms with E-state index in [1.807, 2.05) is 0 Å². The fourth-order valence-corrected chi connectivity index (χ4v) is 2.81. The lowest BCUT2D eigenvalue weighted by Gasteiger charge is -2.12. The Morgan fingerprint density at radius 2 is 1.71 bits per heavy atom. The van der Waals surface area contributed by atoms with E-state index in [9.17, 15) is 9.18 Å². The minimum atomic E-state index is -0.394. The second-order valence-corrected chi connectivity index (χ2v) is 7.31. The van der Waals surface area contributed by atoms with Gasteiger partial charge in [-0.1, -0.05) is 46.4 Å². The van der Waals surface area contributed by atoms with Gasteiger partial charge in [0.25, 0.3) is 5.91 Å². The largest absolute Gasteiger partial charge is 0.490 e. The number of rotatable bonds is 9. The van der Waals surface area contributed by atoms with Crippen molar-refractivity contribution in [2.45, 2.75) is 6.42 Å². The second-order valence-electron chi connectivity index (χ2n) is 5.49. The van der Waals surface area contributed by atoms with Crippen molar-refractivity contribution in [3.63, 3.8) is 0 Å². The zero-order valence-electron chi connectivity index (χ0n) is 14.5. The predicted molar refractivity (Wildman–Crippen MR) is 111 cm³/mol. The molecule has 1 N–H and O–H groups in total. The van der Waals surface area contributed by atoms with Crippen LogP contribution in [-0.2, 0) is 0 Å². The number of halogens is 5. The summed E-state index contributed by atoms with van der Waals surface area (Å²) in [6.07, 6.45) is 2.01. The molecule has 2 rings (SSSR count). The third-order valence-electron chi connectivity index (χ3n) is 3.42. The van der Waals surface area contributed by atoms with Gasteiger partial charge in [0.1, 0.15) is 22.7 Å². The Bertz CT molecular complexity index is 817. The molecule has 9 heteroatoms. The molecule has 28 heavy (non-hydrogen) atoms. The third kappa shape index (κ3) is 7.40. The molecule has 1 amide bonds. The van der Waals surface area contributed by atoms with E-state index in [-0.39, 0.29) is 23.6 Å². The third-order valence-corrected chi connectivity index (χ3v) is 4.29. The van der Waals surface area contributed by atoms with E-state index >= 15 is 0 Å². The number of ether oxygens (including phenoxy) is 2. The quantitative estimate of drug-likeness (QED) is 0.459. The van der Waals surface area contributed by atoms with Crippen LogP contribution in [0.4, 0.5) is 4.39 Å². The molecule has 0 saturated carbocycles. The minimum absolute atomic E-state index is 0.101. The normalized spacial score (nSPS) is 10.3. The number of carbonyl (C=O) groups is 1. The molecule has 0 bridgehead atoms. The molecule has 0 saturated heterocycles. The van der Waals surface area contributed by atoms with Crippen LogP contribution in [0.5, 0.6) is 11.5 Å². The molecule has 0 atom stereocenters. The SMILES string of the molecule is O=C(NCCCOc1c(Cl)cc(OCC=C(Cl)Cl)cc1Cl)c1ccc(F)cc1. The lowest BCUT2D eigenvalue weighted by atomic mass is 10.2. The summed E-state index contributed by atoms with van der Waals surface area (Å²) in [5.74, 6) is 0.0873. The van der Waals surface area contributed by atoms with Crippen LogP contribution in [0, 0.1) is 5.82 Å². The first-order valence-electron chi connectivity index (χ1n) is 8.16. The highest BCUT2D eigenvalue weighted by Crippen LogP contribution is 2.37. The molecule has 2 aromatic rings. The summed E-state index contributed by atoms with van der Waals surface area (Å²) in [6, 6.07) is 8.43. The lowest BCUT2D eigenvalue weighted by molar-refractivity contribution is 0.0951. The van der Waals surface area contributed by atoms with E-state index in [1.165, 1.54) is 30.3 Å². The minimum Gasteiger partial charge on any atom is -0.490 e. The maximum absolute atomic E-state index is 12.9. The fourth-order valence-electron chi connectivity index (χ4n) is 2.11. The van der Waals surface area contributed by atoms with Gasteiger partial charge in [0, 0.05) is 24.2 Å². The van der Waals surface area contributed by atoms with Crippen molar-refractivity contribution in [3.8, 4) is 11.5 Å². The van der Waals surface area contributed by atoms with E-state index in [1.54, 1.807) is 12.1 Å². The Balaban J connectivity index is 1.78. The molecular formula is C19H16Cl4FNO3. The number of carbonyl (C=O) groups excluding carboxylic acids is 1. The van der Waals surface area contributed by atoms with Crippen LogP contribution in [0.1, 0.15) is 16.8 Å². The van der Waals surface area contributed by atoms with Crippen LogP contribution >= 0.6 is 46.4 Å². The molecule has 4 nitrogen and oxygen atoms in total. The molecule has 0 aliphatic heterocycles. The summed E-state index contributed by atoms with van der Waals surface area (Å²) in [6.45, 7) is 0.828. The maximum atomic E-state index is 12.9. The summed E-state index contributed by atoms with van der Waals surface area (Å²) in [5.41, 5.74) is 0.384. The Kier molecular flexibility index (Phi) is 9.19. The molecule has 0 unspecified atom stereocenters. The van der Waals surface area contributed by atoms with Gasteiger partial charge in [-0.05, 0) is 36.8 Å². The fraction of sp³-hybridized carbons (Fsp3) is 0.211. The summed E-state index contributed by atoms with van der Waals surface area (Å²) >= 11 is 23.4. The number of nitrogens with one attached hydrogen (secondary N) is 1. The van der Waals surface area contributed by atoms with Crippen molar-refractivity contribution in [1.29, 1.82) is 0 Å². The molecule has 150 valence electrons. The molecular weight excluding hydrogens is 451 g/mol. The summed E-state index contributed by atoms with van der Waals surface area (Å²) < 4.78 is 24.0. The molecule has 0 aliphatic rings. The summed E-state index contributed by atoms with van der Waals surface area (Å²) in [7, 11) is 0. The van der Waals surface area contributed by atoms with Gasteiger partial charge in [-0.25, -0.2) is 4.39 Å². The molecule has 0 heterocycles. The van der Waals surface area contributed by atoms with Gasteiger partial charge in [0.15, 0.2) is 5.75 Å². The molecule has 0 aliphatic carbocycles. The van der Waals surface area contributed by atoms with E-state index in [2.05, 4.69) is 5.32 Å². The average molecular weight is 467 g/mol. The Morgan fingerprint density at radius 3 is 2.32 bits per heavy atom. The van der Waals surface area contributed by atoms with Crippen LogP contribution in [0.3, 0.4) is 0 Å². The van der Waals surface area contributed by atoms with Gasteiger partial charge in [0.2, 0.25) is 0 Å². The van der Waals surface area contributed by atoms with Gasteiger partial charge < -0.3 is 14.8 Å². The van der Waals surface area contributed by atoms with Crippen LogP contribution in [0.25, 0.3) is 0 Å². The van der Waals surface area contributed by atoms with Gasteiger partial charge in [-0.2, -0.15) is 0 Å². The zero-order chi connectivity index (χ0) is 20.5. The van der Waals surface area contributed by atoms with Crippen LogP contribution in [0.15, 0.2) is 47.0 Å².